The second-order valence-electron chi connectivity index (χ2n) is 4.35. The molecule has 1 aromatic rings. The van der Waals surface area contributed by atoms with Crippen LogP contribution in [0.5, 0.6) is 5.75 Å². The number of likely N-dealkylation sites (N-methyl/N-ethyl adjacent to an activating group) is 1. The predicted octanol–water partition coefficient (Wildman–Crippen LogP) is 2.46. The van der Waals surface area contributed by atoms with E-state index in [4.69, 9.17) is 0 Å². The van der Waals surface area contributed by atoms with E-state index in [1.165, 1.54) is 0 Å². The Hall–Kier alpha value is -0.820. The van der Waals surface area contributed by atoms with Gasteiger partial charge in [0, 0.05) is 16.7 Å². The van der Waals surface area contributed by atoms with Crippen LogP contribution in [0.25, 0.3) is 0 Å². The second-order valence-corrected chi connectivity index (χ2v) is 5.60. The van der Waals surface area contributed by atoms with Gasteiger partial charge in [0.1, 0.15) is 5.75 Å². The lowest BCUT2D eigenvalue weighted by molar-refractivity contribution is 0.0946. The molecule has 19 heavy (non-hydrogen) atoms. The van der Waals surface area contributed by atoms with Gasteiger partial charge in [-0.2, -0.15) is 0 Å². The molecule has 4 nitrogen and oxygen atoms in total. The largest absolute Gasteiger partial charge is 0.507 e. The van der Waals surface area contributed by atoms with E-state index >= 15 is 0 Å². The van der Waals surface area contributed by atoms with Gasteiger partial charge in [-0.05, 0) is 60.3 Å². The monoisotopic (exact) mass is 376 g/mol. The summed E-state index contributed by atoms with van der Waals surface area (Å²) in [6, 6.07) is 5.01. The molecule has 0 aliphatic heterocycles. The molecule has 1 aromatic carbocycles. The Balaban J connectivity index is 2.49. The van der Waals surface area contributed by atoms with Crippen molar-refractivity contribution >= 4 is 28.5 Å². The second kappa shape index (κ2) is 8.37. The van der Waals surface area contributed by atoms with Crippen LogP contribution in [0.3, 0.4) is 0 Å². The maximum absolute atomic E-state index is 12.0. The zero-order valence-corrected chi connectivity index (χ0v) is 13.6. The van der Waals surface area contributed by atoms with Crippen LogP contribution in [0.15, 0.2) is 18.2 Å². The number of nitrogens with one attached hydrogen (secondary N) is 1. The van der Waals surface area contributed by atoms with Gasteiger partial charge in [-0.25, -0.2) is 0 Å². The van der Waals surface area contributed by atoms with Crippen LogP contribution in [0.4, 0.5) is 0 Å². The first kappa shape index (κ1) is 16.2. The fourth-order valence-electron chi connectivity index (χ4n) is 1.86. The van der Waals surface area contributed by atoms with Gasteiger partial charge >= 0.3 is 0 Å². The van der Waals surface area contributed by atoms with Crippen molar-refractivity contribution in [3.8, 4) is 5.75 Å². The average molecular weight is 376 g/mol. The van der Waals surface area contributed by atoms with Crippen LogP contribution in [0, 0.1) is 3.57 Å². The Labute approximate surface area is 128 Å². The summed E-state index contributed by atoms with van der Waals surface area (Å²) in [5.41, 5.74) is 0.338. The molecule has 0 saturated heterocycles. The van der Waals surface area contributed by atoms with E-state index < -0.39 is 0 Å². The summed E-state index contributed by atoms with van der Waals surface area (Å²) < 4.78 is 0.932. The van der Waals surface area contributed by atoms with Crippen molar-refractivity contribution in [2.45, 2.75) is 20.3 Å². The molecule has 2 N–H and O–H groups in total. The zero-order chi connectivity index (χ0) is 14.3. The number of halogens is 1. The van der Waals surface area contributed by atoms with Gasteiger partial charge < -0.3 is 15.3 Å². The van der Waals surface area contributed by atoms with E-state index in [2.05, 4.69) is 46.7 Å². The molecule has 0 saturated carbocycles. The molecule has 0 aliphatic rings. The number of hydrogen-bond donors (Lipinski definition) is 2. The summed E-state index contributed by atoms with van der Waals surface area (Å²) in [6.45, 7) is 7.71. The molecule has 0 aromatic heterocycles. The van der Waals surface area contributed by atoms with Crippen molar-refractivity contribution in [1.29, 1.82) is 0 Å². The number of phenols is 1. The first-order chi connectivity index (χ1) is 9.08. The number of phenolic OH excluding ortho intramolecular Hbond substituents is 1. The number of aromatic hydroxyl groups is 1. The Morgan fingerprint density at radius 2 is 2.11 bits per heavy atom. The number of carbonyl (C=O) groups excluding carboxylic acids is 1. The van der Waals surface area contributed by atoms with Gasteiger partial charge in [-0.3, -0.25) is 4.79 Å². The molecule has 5 heteroatoms. The van der Waals surface area contributed by atoms with Gasteiger partial charge in [0.05, 0.1) is 5.56 Å². The minimum atomic E-state index is -0.219. The fraction of sp³-hybridized carbons (Fsp3) is 0.500. The van der Waals surface area contributed by atoms with Crippen molar-refractivity contribution in [3.63, 3.8) is 0 Å². The molecule has 1 amide bonds. The van der Waals surface area contributed by atoms with Crippen LogP contribution in [-0.4, -0.2) is 42.1 Å². The Morgan fingerprint density at radius 3 is 2.74 bits per heavy atom. The van der Waals surface area contributed by atoms with E-state index in [9.17, 15) is 9.90 Å². The number of amides is 1. The highest BCUT2D eigenvalue weighted by Gasteiger charge is 2.11. The summed E-state index contributed by atoms with van der Waals surface area (Å²) in [4.78, 5) is 14.2. The first-order valence-electron chi connectivity index (χ1n) is 6.57. The molecular formula is C14H21IN2O2. The van der Waals surface area contributed by atoms with E-state index in [-0.39, 0.29) is 11.7 Å². The summed E-state index contributed by atoms with van der Waals surface area (Å²) in [5, 5.41) is 12.5. The van der Waals surface area contributed by atoms with Gasteiger partial charge in [0.15, 0.2) is 0 Å². The number of hydrogen-bond acceptors (Lipinski definition) is 3. The van der Waals surface area contributed by atoms with Gasteiger partial charge in [0.2, 0.25) is 0 Å². The predicted molar refractivity (Wildman–Crippen MR) is 85.6 cm³/mol. The SMILES string of the molecule is CCCN(CC)CCNC(=O)c1cc(I)ccc1O. The quantitative estimate of drug-likeness (QED) is 0.719. The normalized spacial score (nSPS) is 10.7. The van der Waals surface area contributed by atoms with Crippen molar-refractivity contribution < 1.29 is 9.90 Å². The number of nitrogens with zero attached hydrogens (tertiary/aromatic N) is 1. The van der Waals surface area contributed by atoms with Crippen molar-refractivity contribution in [1.82, 2.24) is 10.2 Å². The Bertz CT molecular complexity index is 424. The number of carbonyl (C=O) groups is 1. The summed E-state index contributed by atoms with van der Waals surface area (Å²) in [5.74, 6) is -0.192. The van der Waals surface area contributed by atoms with Gasteiger partial charge in [-0.15, -0.1) is 0 Å². The van der Waals surface area contributed by atoms with E-state index in [0.29, 0.717) is 12.1 Å². The average Bonchev–Trinajstić information content (AvgIpc) is 2.40. The van der Waals surface area contributed by atoms with E-state index in [1.54, 1.807) is 18.2 Å². The Morgan fingerprint density at radius 1 is 1.37 bits per heavy atom. The standard InChI is InChI=1S/C14H21IN2O2/c1-3-8-17(4-2)9-7-16-14(19)12-10-11(15)5-6-13(12)18/h5-6,10,18H,3-4,7-9H2,1-2H3,(H,16,19). The molecule has 0 aliphatic carbocycles. The summed E-state index contributed by atoms with van der Waals surface area (Å²) >= 11 is 2.12. The lowest BCUT2D eigenvalue weighted by Crippen LogP contribution is -2.35. The summed E-state index contributed by atoms with van der Waals surface area (Å²) in [6.07, 6.45) is 1.11. The van der Waals surface area contributed by atoms with Crippen LogP contribution in [-0.2, 0) is 0 Å². The van der Waals surface area contributed by atoms with Crippen molar-refractivity contribution in [2.24, 2.45) is 0 Å². The fourth-order valence-corrected chi connectivity index (χ4v) is 2.35. The molecule has 0 spiro atoms. The minimum absolute atomic E-state index is 0.0267. The highest BCUT2D eigenvalue weighted by Crippen LogP contribution is 2.19. The molecule has 0 unspecified atom stereocenters. The molecule has 1 rings (SSSR count). The van der Waals surface area contributed by atoms with Crippen LogP contribution in [0.1, 0.15) is 30.6 Å². The van der Waals surface area contributed by atoms with Crippen LogP contribution >= 0.6 is 22.6 Å². The maximum atomic E-state index is 12.0. The number of benzene rings is 1. The first-order valence-corrected chi connectivity index (χ1v) is 7.65. The molecule has 0 fully saturated rings. The lowest BCUT2D eigenvalue weighted by Gasteiger charge is -2.19. The highest BCUT2D eigenvalue weighted by molar-refractivity contribution is 14.1. The smallest absolute Gasteiger partial charge is 0.255 e. The molecule has 0 heterocycles. The number of rotatable bonds is 7. The zero-order valence-electron chi connectivity index (χ0n) is 11.4. The molecule has 0 atom stereocenters. The topological polar surface area (TPSA) is 52.6 Å². The highest BCUT2D eigenvalue weighted by atomic mass is 127. The third kappa shape index (κ3) is 5.36. The molecule has 0 bridgehead atoms. The summed E-state index contributed by atoms with van der Waals surface area (Å²) in [7, 11) is 0. The van der Waals surface area contributed by atoms with Crippen LogP contribution in [0.2, 0.25) is 0 Å². The van der Waals surface area contributed by atoms with Crippen molar-refractivity contribution in [3.05, 3.63) is 27.3 Å². The molecule has 0 radical (unpaired) electrons. The van der Waals surface area contributed by atoms with E-state index in [1.807, 2.05) is 0 Å². The van der Waals surface area contributed by atoms with Gasteiger partial charge in [-0.1, -0.05) is 13.8 Å². The van der Waals surface area contributed by atoms with Gasteiger partial charge in [0.25, 0.3) is 5.91 Å². The van der Waals surface area contributed by atoms with Crippen molar-refractivity contribution in [2.75, 3.05) is 26.2 Å². The lowest BCUT2D eigenvalue weighted by atomic mass is 10.2. The molecule has 106 valence electrons. The van der Waals surface area contributed by atoms with Crippen LogP contribution < -0.4 is 5.32 Å². The third-order valence-corrected chi connectivity index (χ3v) is 3.57. The minimum Gasteiger partial charge on any atom is -0.507 e. The Kier molecular flexibility index (Phi) is 7.15. The maximum Gasteiger partial charge on any atom is 0.255 e. The molecular weight excluding hydrogens is 355 g/mol. The van der Waals surface area contributed by atoms with E-state index in [0.717, 1.165) is 29.6 Å². The third-order valence-electron chi connectivity index (χ3n) is 2.90.